The Balaban J connectivity index is 1.80. The first kappa shape index (κ1) is 16.8. The largest absolute Gasteiger partial charge is 0.379 e. The van der Waals surface area contributed by atoms with Crippen LogP contribution in [0.2, 0.25) is 0 Å². The van der Waals surface area contributed by atoms with Gasteiger partial charge in [0.1, 0.15) is 10.7 Å². The summed E-state index contributed by atoms with van der Waals surface area (Å²) in [7, 11) is -3.91. The number of benzene rings is 1. The lowest BCUT2D eigenvalue weighted by molar-refractivity contribution is 0.0729. The molecule has 0 amide bonds. The minimum Gasteiger partial charge on any atom is -0.379 e. The number of rotatable bonds is 5. The fourth-order valence-corrected chi connectivity index (χ4v) is 3.82. The van der Waals surface area contributed by atoms with Gasteiger partial charge in [-0.25, -0.2) is 12.8 Å². The van der Waals surface area contributed by atoms with Gasteiger partial charge in [0.15, 0.2) is 5.82 Å². The highest BCUT2D eigenvalue weighted by Gasteiger charge is 2.29. The Kier molecular flexibility index (Phi) is 4.78. The zero-order valence-corrected chi connectivity index (χ0v) is 13.8. The van der Waals surface area contributed by atoms with Gasteiger partial charge in [-0.2, -0.15) is 9.29 Å². The lowest BCUT2D eigenvalue weighted by Crippen LogP contribution is -2.40. The number of aromatic nitrogens is 2. The molecule has 8 nitrogen and oxygen atoms in total. The summed E-state index contributed by atoms with van der Waals surface area (Å²) in [5, 5.41) is 6.61. The maximum absolute atomic E-state index is 14.1. The van der Waals surface area contributed by atoms with Gasteiger partial charge >= 0.3 is 0 Å². The molecule has 1 aromatic carbocycles. The van der Waals surface area contributed by atoms with Crippen molar-refractivity contribution in [2.24, 2.45) is 0 Å². The summed E-state index contributed by atoms with van der Waals surface area (Å²) in [5.74, 6) is 0.0663. The van der Waals surface area contributed by atoms with Gasteiger partial charge < -0.3 is 14.6 Å². The fraction of sp³-hybridized carbons (Fsp3) is 0.429. The van der Waals surface area contributed by atoms with E-state index in [1.165, 1.54) is 16.4 Å². The zero-order chi connectivity index (χ0) is 17.2. The molecule has 0 aliphatic carbocycles. The number of anilines is 1. The maximum Gasteiger partial charge on any atom is 0.246 e. The van der Waals surface area contributed by atoms with E-state index in [2.05, 4.69) is 15.5 Å². The number of halogens is 1. The van der Waals surface area contributed by atoms with Crippen molar-refractivity contribution in [2.75, 3.05) is 31.6 Å². The monoisotopic (exact) mass is 356 g/mol. The van der Waals surface area contributed by atoms with Crippen molar-refractivity contribution in [1.82, 2.24) is 14.4 Å². The first-order chi connectivity index (χ1) is 11.5. The topological polar surface area (TPSA) is 97.6 Å². The number of hydrogen-bond acceptors (Lipinski definition) is 7. The van der Waals surface area contributed by atoms with Crippen molar-refractivity contribution < 1.29 is 22.1 Å². The molecule has 1 N–H and O–H groups in total. The molecule has 10 heteroatoms. The SMILES string of the molecule is Cc1noc(CNc2ccc(F)c(S(=O)(=O)N3CCOCC3)c2)n1. The van der Waals surface area contributed by atoms with E-state index in [1.54, 1.807) is 6.92 Å². The van der Waals surface area contributed by atoms with Gasteiger partial charge in [-0.3, -0.25) is 0 Å². The van der Waals surface area contributed by atoms with Crippen LogP contribution in [0.15, 0.2) is 27.6 Å². The first-order valence-corrected chi connectivity index (χ1v) is 8.81. The zero-order valence-electron chi connectivity index (χ0n) is 13.0. The van der Waals surface area contributed by atoms with E-state index in [-0.39, 0.29) is 24.5 Å². The first-order valence-electron chi connectivity index (χ1n) is 7.37. The molecule has 24 heavy (non-hydrogen) atoms. The molecule has 0 saturated carbocycles. The second-order valence-electron chi connectivity index (χ2n) is 5.25. The van der Waals surface area contributed by atoms with E-state index in [0.717, 1.165) is 6.07 Å². The summed E-state index contributed by atoms with van der Waals surface area (Å²) in [4.78, 5) is 3.67. The van der Waals surface area contributed by atoms with Crippen molar-refractivity contribution in [1.29, 1.82) is 0 Å². The van der Waals surface area contributed by atoms with E-state index in [4.69, 9.17) is 9.26 Å². The average molecular weight is 356 g/mol. The van der Waals surface area contributed by atoms with Crippen LogP contribution >= 0.6 is 0 Å². The van der Waals surface area contributed by atoms with E-state index < -0.39 is 15.8 Å². The molecule has 0 unspecified atom stereocenters. The molecular weight excluding hydrogens is 339 g/mol. The third-order valence-electron chi connectivity index (χ3n) is 3.53. The molecule has 130 valence electrons. The molecule has 3 rings (SSSR count). The predicted molar refractivity (Wildman–Crippen MR) is 82.3 cm³/mol. The highest BCUT2D eigenvalue weighted by molar-refractivity contribution is 7.89. The lowest BCUT2D eigenvalue weighted by Gasteiger charge is -2.26. The number of ether oxygens (including phenoxy) is 1. The van der Waals surface area contributed by atoms with Crippen LogP contribution in [-0.2, 0) is 21.3 Å². The molecular formula is C14H17FN4O4S. The van der Waals surface area contributed by atoms with Crippen LogP contribution in [0.3, 0.4) is 0 Å². The Morgan fingerprint density at radius 3 is 2.75 bits per heavy atom. The predicted octanol–water partition coefficient (Wildman–Crippen LogP) is 1.15. The van der Waals surface area contributed by atoms with Gasteiger partial charge in [-0.15, -0.1) is 0 Å². The van der Waals surface area contributed by atoms with E-state index in [0.29, 0.717) is 30.6 Å². The molecule has 0 radical (unpaired) electrons. The van der Waals surface area contributed by atoms with Gasteiger partial charge in [0.05, 0.1) is 19.8 Å². The smallest absolute Gasteiger partial charge is 0.246 e. The number of sulfonamides is 1. The Bertz CT molecular complexity index is 818. The third-order valence-corrected chi connectivity index (χ3v) is 5.45. The number of nitrogens with zero attached hydrogens (tertiary/aromatic N) is 3. The molecule has 1 aliphatic heterocycles. The highest BCUT2D eigenvalue weighted by Crippen LogP contribution is 2.24. The molecule has 2 aromatic rings. The minimum absolute atomic E-state index is 0.209. The van der Waals surface area contributed by atoms with Gasteiger partial charge in [-0.05, 0) is 25.1 Å². The van der Waals surface area contributed by atoms with Gasteiger partial charge in [0, 0.05) is 18.8 Å². The summed E-state index contributed by atoms with van der Waals surface area (Å²) in [5.41, 5.74) is 0.444. The molecule has 2 heterocycles. The normalized spacial score (nSPS) is 16.2. The van der Waals surface area contributed by atoms with Crippen molar-refractivity contribution in [3.63, 3.8) is 0 Å². The van der Waals surface area contributed by atoms with Gasteiger partial charge in [-0.1, -0.05) is 5.16 Å². The standard InChI is InChI=1S/C14H17FN4O4S/c1-10-17-14(23-18-10)9-16-11-2-3-12(15)13(8-11)24(20,21)19-4-6-22-7-5-19/h2-3,8,16H,4-7,9H2,1H3. The average Bonchev–Trinajstić information content (AvgIpc) is 3.00. The molecule has 1 fully saturated rings. The van der Waals surface area contributed by atoms with Crippen LogP contribution < -0.4 is 5.32 Å². The van der Waals surface area contributed by atoms with Crippen molar-refractivity contribution in [2.45, 2.75) is 18.4 Å². The van der Waals surface area contributed by atoms with Gasteiger partial charge in [0.25, 0.3) is 0 Å². The summed E-state index contributed by atoms with van der Waals surface area (Å²) in [6, 6.07) is 3.84. The maximum atomic E-state index is 14.1. The fourth-order valence-electron chi connectivity index (χ4n) is 2.33. The summed E-state index contributed by atoms with van der Waals surface area (Å²) < 4.78 is 50.6. The molecule has 0 atom stereocenters. The molecule has 1 saturated heterocycles. The Labute approximate surface area is 138 Å². The van der Waals surface area contributed by atoms with Crippen molar-refractivity contribution in [3.8, 4) is 0 Å². The second kappa shape index (κ2) is 6.83. The van der Waals surface area contributed by atoms with Crippen LogP contribution in [-0.4, -0.2) is 49.2 Å². The van der Waals surface area contributed by atoms with Crippen LogP contribution in [0.4, 0.5) is 10.1 Å². The van der Waals surface area contributed by atoms with E-state index >= 15 is 0 Å². The Hall–Kier alpha value is -2.04. The molecule has 1 aliphatic rings. The van der Waals surface area contributed by atoms with Crippen LogP contribution in [0.1, 0.15) is 11.7 Å². The quantitative estimate of drug-likeness (QED) is 0.858. The minimum atomic E-state index is -3.91. The van der Waals surface area contributed by atoms with E-state index in [9.17, 15) is 12.8 Å². The van der Waals surface area contributed by atoms with E-state index in [1.807, 2.05) is 0 Å². The Morgan fingerprint density at radius 1 is 1.33 bits per heavy atom. The number of nitrogens with one attached hydrogen (secondary N) is 1. The molecule has 0 bridgehead atoms. The summed E-state index contributed by atoms with van der Waals surface area (Å²) in [6.45, 7) is 2.92. The van der Waals surface area contributed by atoms with Crippen LogP contribution in [0.25, 0.3) is 0 Å². The molecule has 1 aromatic heterocycles. The van der Waals surface area contributed by atoms with Crippen LogP contribution in [0, 0.1) is 12.7 Å². The molecule has 0 spiro atoms. The van der Waals surface area contributed by atoms with Crippen LogP contribution in [0.5, 0.6) is 0 Å². The number of hydrogen-bond donors (Lipinski definition) is 1. The number of morpholine rings is 1. The second-order valence-corrected chi connectivity index (χ2v) is 7.16. The van der Waals surface area contributed by atoms with Crippen molar-refractivity contribution in [3.05, 3.63) is 35.7 Å². The van der Waals surface area contributed by atoms with Crippen molar-refractivity contribution >= 4 is 15.7 Å². The summed E-state index contributed by atoms with van der Waals surface area (Å²) >= 11 is 0. The Morgan fingerprint density at radius 2 is 2.08 bits per heavy atom. The van der Waals surface area contributed by atoms with Gasteiger partial charge in [0.2, 0.25) is 15.9 Å². The highest BCUT2D eigenvalue weighted by atomic mass is 32.2. The summed E-state index contributed by atoms with van der Waals surface area (Å²) in [6.07, 6.45) is 0. The number of aryl methyl sites for hydroxylation is 1. The lowest BCUT2D eigenvalue weighted by atomic mass is 10.3. The third kappa shape index (κ3) is 3.55.